The van der Waals surface area contributed by atoms with Gasteiger partial charge in [0.2, 0.25) is 0 Å². The van der Waals surface area contributed by atoms with Crippen molar-refractivity contribution in [2.75, 3.05) is 26.1 Å². The van der Waals surface area contributed by atoms with E-state index in [-0.39, 0.29) is 0 Å². The van der Waals surface area contributed by atoms with Crippen LogP contribution < -0.4 is 15.4 Å². The first-order valence-electron chi connectivity index (χ1n) is 4.29. The summed E-state index contributed by atoms with van der Waals surface area (Å²) in [6.07, 6.45) is 0. The number of rotatable bonds is 2. The summed E-state index contributed by atoms with van der Waals surface area (Å²) in [5.41, 5.74) is 6.63. The summed E-state index contributed by atoms with van der Waals surface area (Å²) in [6.45, 7) is 0. The van der Waals surface area contributed by atoms with Crippen molar-refractivity contribution < 1.29 is 4.74 Å². The fourth-order valence-electron chi connectivity index (χ4n) is 1.10. The van der Waals surface area contributed by atoms with Crippen LogP contribution >= 0.6 is 0 Å². The molecule has 0 amide bonds. The first-order valence-corrected chi connectivity index (χ1v) is 4.29. The normalized spacial score (nSPS) is 11.2. The van der Waals surface area contributed by atoms with Crippen LogP contribution in [0.1, 0.15) is 0 Å². The van der Waals surface area contributed by atoms with Gasteiger partial charge < -0.3 is 15.4 Å². The molecule has 4 nitrogen and oxygen atoms in total. The summed E-state index contributed by atoms with van der Waals surface area (Å²) in [5, 5.41) is 0. The molecule has 1 aromatic carbocycles. The van der Waals surface area contributed by atoms with Gasteiger partial charge in [-0.15, -0.1) is 0 Å². The lowest BCUT2D eigenvalue weighted by Crippen LogP contribution is -2.33. The Morgan fingerprint density at radius 1 is 1.50 bits per heavy atom. The molecular formula is C10H15N3O. The number of benzene rings is 1. The van der Waals surface area contributed by atoms with Crippen molar-refractivity contribution in [2.45, 2.75) is 0 Å². The Morgan fingerprint density at radius 2 is 2.21 bits per heavy atom. The van der Waals surface area contributed by atoms with Crippen LogP contribution in [0.2, 0.25) is 0 Å². The predicted molar refractivity (Wildman–Crippen MR) is 58.9 cm³/mol. The highest BCUT2D eigenvalue weighted by Crippen LogP contribution is 2.19. The van der Waals surface area contributed by atoms with Gasteiger partial charge in [0.05, 0.1) is 7.11 Å². The van der Waals surface area contributed by atoms with Gasteiger partial charge in [-0.05, 0) is 12.1 Å². The zero-order valence-corrected chi connectivity index (χ0v) is 8.69. The number of hydrogen-bond acceptors (Lipinski definition) is 2. The number of aliphatic imine (C=N–C) groups is 1. The number of guanidine groups is 1. The molecule has 0 bridgehead atoms. The van der Waals surface area contributed by atoms with Gasteiger partial charge >= 0.3 is 0 Å². The second kappa shape index (κ2) is 4.50. The Labute approximate surface area is 84.0 Å². The number of anilines is 1. The fourth-order valence-corrected chi connectivity index (χ4v) is 1.10. The predicted octanol–water partition coefficient (Wildman–Crippen LogP) is 1.08. The lowest BCUT2D eigenvalue weighted by Gasteiger charge is -2.18. The van der Waals surface area contributed by atoms with Crippen LogP contribution in [0.4, 0.5) is 5.69 Å². The Kier molecular flexibility index (Phi) is 3.34. The number of ether oxygens (including phenoxy) is 1. The monoisotopic (exact) mass is 193 g/mol. The molecule has 14 heavy (non-hydrogen) atoms. The third-order valence-electron chi connectivity index (χ3n) is 2.01. The molecule has 0 unspecified atom stereocenters. The van der Waals surface area contributed by atoms with Crippen LogP contribution in [0.3, 0.4) is 0 Å². The number of nitrogens with zero attached hydrogens (tertiary/aromatic N) is 2. The van der Waals surface area contributed by atoms with Gasteiger partial charge in [-0.1, -0.05) is 6.07 Å². The molecule has 0 aliphatic carbocycles. The van der Waals surface area contributed by atoms with Gasteiger partial charge in [0.15, 0.2) is 5.96 Å². The van der Waals surface area contributed by atoms with Gasteiger partial charge in [-0.3, -0.25) is 4.99 Å². The minimum atomic E-state index is 0.471. The van der Waals surface area contributed by atoms with E-state index in [0.29, 0.717) is 5.96 Å². The second-order valence-corrected chi connectivity index (χ2v) is 2.84. The Balaban J connectivity index is 2.95. The summed E-state index contributed by atoms with van der Waals surface area (Å²) < 4.78 is 5.11. The molecule has 0 saturated heterocycles. The SMILES string of the molecule is CN=C(N)N(C)c1cccc(OC)c1. The topological polar surface area (TPSA) is 50.8 Å². The van der Waals surface area contributed by atoms with E-state index in [1.807, 2.05) is 31.3 Å². The second-order valence-electron chi connectivity index (χ2n) is 2.84. The third kappa shape index (κ3) is 2.16. The van der Waals surface area contributed by atoms with Crippen molar-refractivity contribution in [2.24, 2.45) is 10.7 Å². The van der Waals surface area contributed by atoms with Crippen molar-refractivity contribution in [3.63, 3.8) is 0 Å². The van der Waals surface area contributed by atoms with Gasteiger partial charge in [0.1, 0.15) is 5.75 Å². The summed E-state index contributed by atoms with van der Waals surface area (Å²) in [5.74, 6) is 1.27. The first kappa shape index (κ1) is 10.4. The van der Waals surface area contributed by atoms with Crippen molar-refractivity contribution in [1.82, 2.24) is 0 Å². The van der Waals surface area contributed by atoms with E-state index in [2.05, 4.69) is 4.99 Å². The van der Waals surface area contributed by atoms with Crippen molar-refractivity contribution >= 4 is 11.6 Å². The molecule has 0 aromatic heterocycles. The summed E-state index contributed by atoms with van der Waals surface area (Å²) in [4.78, 5) is 5.69. The maximum atomic E-state index is 5.68. The Hall–Kier alpha value is -1.71. The molecule has 0 spiro atoms. The molecule has 1 rings (SSSR count). The molecule has 0 aliphatic heterocycles. The lowest BCUT2D eigenvalue weighted by atomic mass is 10.3. The van der Waals surface area contributed by atoms with Gasteiger partial charge in [0.25, 0.3) is 0 Å². The lowest BCUT2D eigenvalue weighted by molar-refractivity contribution is 0.415. The first-order chi connectivity index (χ1) is 6.69. The molecule has 2 N–H and O–H groups in total. The van der Waals surface area contributed by atoms with E-state index in [1.165, 1.54) is 0 Å². The van der Waals surface area contributed by atoms with Crippen LogP contribution in [0.15, 0.2) is 29.3 Å². The Bertz CT molecular complexity index is 336. The van der Waals surface area contributed by atoms with E-state index < -0.39 is 0 Å². The molecular weight excluding hydrogens is 178 g/mol. The Morgan fingerprint density at radius 3 is 2.79 bits per heavy atom. The third-order valence-corrected chi connectivity index (χ3v) is 2.01. The highest BCUT2D eigenvalue weighted by molar-refractivity contribution is 5.94. The van der Waals surface area contributed by atoms with Crippen molar-refractivity contribution in [3.8, 4) is 5.75 Å². The van der Waals surface area contributed by atoms with Crippen molar-refractivity contribution in [3.05, 3.63) is 24.3 Å². The van der Waals surface area contributed by atoms with Crippen LogP contribution in [-0.4, -0.2) is 27.2 Å². The van der Waals surface area contributed by atoms with E-state index in [4.69, 9.17) is 10.5 Å². The number of methoxy groups -OCH3 is 1. The summed E-state index contributed by atoms with van der Waals surface area (Å²) >= 11 is 0. The molecule has 4 heteroatoms. The van der Waals surface area contributed by atoms with Crippen LogP contribution in [-0.2, 0) is 0 Å². The molecule has 0 fully saturated rings. The van der Waals surface area contributed by atoms with E-state index in [0.717, 1.165) is 11.4 Å². The van der Waals surface area contributed by atoms with Crippen LogP contribution in [0.25, 0.3) is 0 Å². The minimum absolute atomic E-state index is 0.471. The average molecular weight is 193 g/mol. The number of hydrogen-bond donors (Lipinski definition) is 1. The van der Waals surface area contributed by atoms with Crippen LogP contribution in [0, 0.1) is 0 Å². The summed E-state index contributed by atoms with van der Waals surface area (Å²) in [7, 11) is 5.15. The molecule has 1 aromatic rings. The molecule has 0 aliphatic rings. The molecule has 0 saturated carbocycles. The molecule has 0 atom stereocenters. The zero-order chi connectivity index (χ0) is 10.6. The number of nitrogens with two attached hydrogens (primary N) is 1. The highest BCUT2D eigenvalue weighted by Gasteiger charge is 2.04. The minimum Gasteiger partial charge on any atom is -0.497 e. The average Bonchev–Trinajstić information content (AvgIpc) is 2.27. The molecule has 76 valence electrons. The van der Waals surface area contributed by atoms with E-state index in [1.54, 1.807) is 19.1 Å². The maximum absolute atomic E-state index is 5.68. The van der Waals surface area contributed by atoms with Crippen molar-refractivity contribution in [1.29, 1.82) is 0 Å². The smallest absolute Gasteiger partial charge is 0.195 e. The van der Waals surface area contributed by atoms with Crippen LogP contribution in [0.5, 0.6) is 5.75 Å². The fraction of sp³-hybridized carbons (Fsp3) is 0.300. The summed E-state index contributed by atoms with van der Waals surface area (Å²) in [6, 6.07) is 7.64. The quantitative estimate of drug-likeness (QED) is 0.564. The molecule has 0 heterocycles. The zero-order valence-electron chi connectivity index (χ0n) is 8.69. The van der Waals surface area contributed by atoms with Gasteiger partial charge in [0, 0.05) is 25.8 Å². The molecule has 0 radical (unpaired) electrons. The largest absolute Gasteiger partial charge is 0.497 e. The maximum Gasteiger partial charge on any atom is 0.195 e. The standard InChI is InChI=1S/C10H15N3O/c1-12-10(11)13(2)8-5-4-6-9(7-8)14-3/h4-7H,1-3H3,(H2,11,12). The van der Waals surface area contributed by atoms with E-state index in [9.17, 15) is 0 Å². The van der Waals surface area contributed by atoms with E-state index >= 15 is 0 Å². The van der Waals surface area contributed by atoms with Gasteiger partial charge in [-0.2, -0.15) is 0 Å². The van der Waals surface area contributed by atoms with Gasteiger partial charge in [-0.25, -0.2) is 0 Å². The highest BCUT2D eigenvalue weighted by atomic mass is 16.5.